The van der Waals surface area contributed by atoms with Gasteiger partial charge in [0.1, 0.15) is 17.1 Å². The number of hydrogen-bond donors (Lipinski definition) is 1. The van der Waals surface area contributed by atoms with Crippen LogP contribution in [0.15, 0.2) is 76.1 Å². The molecule has 43 heavy (non-hydrogen) atoms. The molecule has 3 aromatic heterocycles. The fourth-order valence-electron chi connectivity index (χ4n) is 5.87. The number of aromatic nitrogens is 3. The van der Waals surface area contributed by atoms with Crippen molar-refractivity contribution in [1.82, 2.24) is 20.1 Å². The molecule has 1 aliphatic rings. The van der Waals surface area contributed by atoms with E-state index in [2.05, 4.69) is 15.4 Å². The molecule has 220 valence electrons. The molecule has 1 fully saturated rings. The minimum Gasteiger partial charge on any atom is -0.453 e. The first-order chi connectivity index (χ1) is 20.5. The number of nitrogens with zero attached hydrogens (tertiary/aromatic N) is 3. The zero-order valence-corrected chi connectivity index (χ0v) is 25.4. The van der Waals surface area contributed by atoms with E-state index in [0.29, 0.717) is 28.0 Å². The second-order valence-corrected chi connectivity index (χ2v) is 12.4. The molecular formula is C35H36N4O4. The summed E-state index contributed by atoms with van der Waals surface area (Å²) in [6, 6.07) is 19.1. The zero-order valence-electron chi connectivity index (χ0n) is 25.4. The van der Waals surface area contributed by atoms with Crippen LogP contribution in [0.2, 0.25) is 0 Å². The molecule has 0 unspecified atom stereocenters. The number of carbonyl (C=O) groups is 1. The lowest BCUT2D eigenvalue weighted by Gasteiger charge is -2.42. The molecule has 8 heteroatoms. The molecule has 0 bridgehead atoms. The highest BCUT2D eigenvalue weighted by Gasteiger charge is 2.43. The van der Waals surface area contributed by atoms with Gasteiger partial charge in [-0.1, -0.05) is 54.6 Å². The molecule has 1 N–H and O–H groups in total. The van der Waals surface area contributed by atoms with Crippen molar-refractivity contribution in [3.63, 3.8) is 0 Å². The highest BCUT2D eigenvalue weighted by molar-refractivity contribution is 5.96. The van der Waals surface area contributed by atoms with Crippen molar-refractivity contribution in [1.29, 1.82) is 0 Å². The maximum atomic E-state index is 14.3. The van der Waals surface area contributed by atoms with Crippen molar-refractivity contribution in [2.24, 2.45) is 7.05 Å². The number of ether oxygens (including phenoxy) is 1. The van der Waals surface area contributed by atoms with Gasteiger partial charge in [0.05, 0.1) is 16.6 Å². The van der Waals surface area contributed by atoms with Crippen LogP contribution in [-0.4, -0.2) is 26.4 Å². The first kappa shape index (κ1) is 28.4. The summed E-state index contributed by atoms with van der Waals surface area (Å²) in [4.78, 5) is 31.7. The molecule has 5 aromatic rings. The van der Waals surface area contributed by atoms with Gasteiger partial charge in [-0.2, -0.15) is 5.10 Å². The van der Waals surface area contributed by atoms with E-state index < -0.39 is 17.2 Å². The summed E-state index contributed by atoms with van der Waals surface area (Å²) in [7, 11) is 1.89. The quantitative estimate of drug-likeness (QED) is 0.233. The van der Waals surface area contributed by atoms with Crippen LogP contribution in [0.5, 0.6) is 0 Å². The van der Waals surface area contributed by atoms with E-state index in [1.54, 1.807) is 12.3 Å². The Morgan fingerprint density at radius 1 is 0.977 bits per heavy atom. The minimum atomic E-state index is -0.676. The monoisotopic (exact) mass is 576 g/mol. The van der Waals surface area contributed by atoms with Crippen molar-refractivity contribution in [2.45, 2.75) is 65.0 Å². The van der Waals surface area contributed by atoms with Gasteiger partial charge in [-0.05, 0) is 71.1 Å². The summed E-state index contributed by atoms with van der Waals surface area (Å²) in [6.45, 7) is 9.68. The summed E-state index contributed by atoms with van der Waals surface area (Å²) < 4.78 is 14.5. The fraction of sp³-hybridized carbons (Fsp3) is 0.314. The third kappa shape index (κ3) is 5.11. The van der Waals surface area contributed by atoms with E-state index in [1.807, 2.05) is 101 Å². The third-order valence-electron chi connectivity index (χ3n) is 8.22. The number of hydrogen-bond acceptors (Lipinski definition) is 6. The van der Waals surface area contributed by atoms with Crippen molar-refractivity contribution >= 4 is 17.1 Å². The highest BCUT2D eigenvalue weighted by Crippen LogP contribution is 2.46. The van der Waals surface area contributed by atoms with Crippen molar-refractivity contribution in [3.8, 4) is 33.7 Å². The summed E-state index contributed by atoms with van der Waals surface area (Å²) in [5, 5.41) is 7.91. The SMILES string of the molecule is Cc1nn(C)c(C)c1-c1nccc2c(=O)c(-c3ccc(C4(OC(=O)NC(C)(C)C)CCC4)cc3)c(-c3ccccc3)oc12. The predicted molar refractivity (Wildman–Crippen MR) is 168 cm³/mol. The summed E-state index contributed by atoms with van der Waals surface area (Å²) in [5.41, 5.74) is 5.29. The van der Waals surface area contributed by atoms with E-state index in [4.69, 9.17) is 9.15 Å². The smallest absolute Gasteiger partial charge is 0.408 e. The number of alkyl carbamates (subject to hydrolysis) is 1. The van der Waals surface area contributed by atoms with Crippen LogP contribution in [0.4, 0.5) is 4.79 Å². The summed E-state index contributed by atoms with van der Waals surface area (Å²) in [6.07, 6.45) is 3.70. The summed E-state index contributed by atoms with van der Waals surface area (Å²) >= 11 is 0. The van der Waals surface area contributed by atoms with Gasteiger partial charge in [-0.25, -0.2) is 4.79 Å². The first-order valence-electron chi connectivity index (χ1n) is 14.6. The molecule has 3 heterocycles. The fourth-order valence-corrected chi connectivity index (χ4v) is 5.87. The molecule has 8 nitrogen and oxygen atoms in total. The van der Waals surface area contributed by atoms with E-state index in [-0.39, 0.29) is 5.43 Å². The van der Waals surface area contributed by atoms with Crippen LogP contribution in [0, 0.1) is 13.8 Å². The number of carbonyl (C=O) groups excluding carboxylic acids is 1. The zero-order chi connectivity index (χ0) is 30.5. The number of rotatable bonds is 5. The van der Waals surface area contributed by atoms with E-state index >= 15 is 0 Å². The Morgan fingerprint density at radius 2 is 1.67 bits per heavy atom. The molecule has 2 aromatic carbocycles. The number of pyridine rings is 1. The largest absolute Gasteiger partial charge is 0.453 e. The number of amides is 1. The van der Waals surface area contributed by atoms with Gasteiger partial charge in [0.2, 0.25) is 5.43 Å². The van der Waals surface area contributed by atoms with E-state index in [0.717, 1.165) is 52.9 Å². The average molecular weight is 577 g/mol. The second-order valence-electron chi connectivity index (χ2n) is 12.4. The van der Waals surface area contributed by atoms with Gasteiger partial charge in [0, 0.05) is 35.6 Å². The van der Waals surface area contributed by atoms with E-state index in [9.17, 15) is 9.59 Å². The average Bonchev–Trinajstić information content (AvgIpc) is 3.20. The van der Waals surface area contributed by atoms with Crippen molar-refractivity contribution < 1.29 is 13.9 Å². The van der Waals surface area contributed by atoms with Crippen LogP contribution in [0.1, 0.15) is 57.0 Å². The molecule has 0 spiro atoms. The lowest BCUT2D eigenvalue weighted by Crippen LogP contribution is -2.47. The van der Waals surface area contributed by atoms with Crippen LogP contribution >= 0.6 is 0 Å². The molecule has 1 saturated carbocycles. The van der Waals surface area contributed by atoms with Gasteiger partial charge in [-0.3, -0.25) is 14.5 Å². The maximum absolute atomic E-state index is 14.3. The predicted octanol–water partition coefficient (Wildman–Crippen LogP) is 7.44. The molecule has 0 radical (unpaired) electrons. The minimum absolute atomic E-state index is 0.144. The lowest BCUT2D eigenvalue weighted by molar-refractivity contribution is -0.0549. The topological polar surface area (TPSA) is 99.3 Å². The van der Waals surface area contributed by atoms with Gasteiger partial charge in [0.15, 0.2) is 5.58 Å². The van der Waals surface area contributed by atoms with Crippen LogP contribution in [0.3, 0.4) is 0 Å². The number of aryl methyl sites for hydroxylation is 2. The Bertz CT molecular complexity index is 1890. The van der Waals surface area contributed by atoms with Gasteiger partial charge in [0.25, 0.3) is 0 Å². The number of fused-ring (bicyclic) bond motifs is 1. The van der Waals surface area contributed by atoms with E-state index in [1.165, 1.54) is 0 Å². The Hall–Kier alpha value is -4.72. The maximum Gasteiger partial charge on any atom is 0.408 e. The molecule has 6 rings (SSSR count). The van der Waals surface area contributed by atoms with Gasteiger partial charge in [-0.15, -0.1) is 0 Å². The highest BCUT2D eigenvalue weighted by atomic mass is 16.6. The molecule has 1 aliphatic carbocycles. The Morgan fingerprint density at radius 3 is 2.26 bits per heavy atom. The van der Waals surface area contributed by atoms with Crippen LogP contribution < -0.4 is 10.7 Å². The molecular weight excluding hydrogens is 540 g/mol. The summed E-state index contributed by atoms with van der Waals surface area (Å²) in [5.74, 6) is 0.471. The normalized spacial score (nSPS) is 14.4. The number of benzene rings is 2. The standard InChI is InChI=1S/C35H36N4O4/c1-21-27(22(2)39(6)38-21)29-32-26(17-20-36-29)30(40)28(31(42-32)24-11-8-7-9-12-24)23-13-15-25(16-14-23)35(18-10-19-35)43-33(41)37-34(3,4)5/h7-9,11-17,20H,10,18-19H2,1-6H3,(H,37,41). The van der Waals surface area contributed by atoms with Crippen molar-refractivity contribution in [2.75, 3.05) is 0 Å². The first-order valence-corrected chi connectivity index (χ1v) is 14.6. The molecule has 0 saturated heterocycles. The Kier molecular flexibility index (Phi) is 6.95. The Balaban J connectivity index is 1.49. The van der Waals surface area contributed by atoms with Crippen molar-refractivity contribution in [3.05, 3.63) is 94.0 Å². The van der Waals surface area contributed by atoms with Crippen LogP contribution in [-0.2, 0) is 17.4 Å². The second kappa shape index (κ2) is 10.5. The molecule has 0 aliphatic heterocycles. The third-order valence-corrected chi connectivity index (χ3v) is 8.22. The lowest BCUT2D eigenvalue weighted by atomic mass is 9.74. The molecule has 1 amide bonds. The molecule has 0 atom stereocenters. The van der Waals surface area contributed by atoms with Gasteiger partial charge >= 0.3 is 6.09 Å². The number of nitrogens with one attached hydrogen (secondary N) is 1. The van der Waals surface area contributed by atoms with Crippen LogP contribution in [0.25, 0.3) is 44.7 Å². The van der Waals surface area contributed by atoms with Gasteiger partial charge < -0.3 is 14.5 Å². The Labute approximate surface area is 250 Å².